The lowest BCUT2D eigenvalue weighted by molar-refractivity contribution is 0.0992. The molecule has 1 aliphatic rings. The minimum Gasteiger partial charge on any atom is -0.493 e. The molecule has 1 N–H and O–H groups in total. The monoisotopic (exact) mass is 425 g/mol. The topological polar surface area (TPSA) is 72.9 Å². The Morgan fingerprint density at radius 3 is 2.30 bits per heavy atom. The second-order valence-electron chi connectivity index (χ2n) is 6.56. The zero-order valence-electron chi connectivity index (χ0n) is 16.7. The first kappa shape index (κ1) is 19.8. The number of halogens is 1. The molecule has 0 fully saturated rings. The minimum atomic E-state index is -0.481. The maximum absolute atomic E-state index is 13.2. The standard InChI is InChI=1S/C22H20ClN3O4/c1-28-17-10-14(11-18(29-2)20(17)30-3)25-21-15-6-4-5-7-16(15)22(27)26(21)19-9-8-13(23)12-24-19/h4-12,21,25H,1-3H3/t21-/m0/s1. The van der Waals surface area contributed by atoms with Crippen LogP contribution in [0, 0.1) is 0 Å². The van der Waals surface area contributed by atoms with E-state index in [1.807, 2.05) is 18.2 Å². The Hall–Kier alpha value is -3.45. The average molecular weight is 426 g/mol. The Balaban J connectivity index is 1.79. The second-order valence-corrected chi connectivity index (χ2v) is 6.99. The van der Waals surface area contributed by atoms with Gasteiger partial charge in [-0.15, -0.1) is 0 Å². The molecule has 1 aromatic heterocycles. The molecular weight excluding hydrogens is 406 g/mol. The van der Waals surface area contributed by atoms with Crippen LogP contribution in [0.3, 0.4) is 0 Å². The summed E-state index contributed by atoms with van der Waals surface area (Å²) >= 11 is 5.98. The van der Waals surface area contributed by atoms with Gasteiger partial charge < -0.3 is 19.5 Å². The number of benzene rings is 2. The van der Waals surface area contributed by atoms with E-state index >= 15 is 0 Å². The van der Waals surface area contributed by atoms with Gasteiger partial charge in [-0.1, -0.05) is 29.8 Å². The molecule has 154 valence electrons. The first-order valence-corrected chi connectivity index (χ1v) is 9.55. The van der Waals surface area contributed by atoms with E-state index in [9.17, 15) is 4.79 Å². The molecule has 1 atom stereocenters. The van der Waals surface area contributed by atoms with E-state index in [0.29, 0.717) is 39.3 Å². The Bertz CT molecular complexity index is 1060. The number of nitrogens with zero attached hydrogens (tertiary/aromatic N) is 2. The van der Waals surface area contributed by atoms with Crippen molar-refractivity contribution in [1.29, 1.82) is 0 Å². The van der Waals surface area contributed by atoms with Gasteiger partial charge in [0.2, 0.25) is 5.75 Å². The smallest absolute Gasteiger partial charge is 0.261 e. The van der Waals surface area contributed by atoms with Gasteiger partial charge in [0.15, 0.2) is 11.5 Å². The van der Waals surface area contributed by atoms with Gasteiger partial charge in [0.1, 0.15) is 12.0 Å². The highest BCUT2D eigenvalue weighted by Crippen LogP contribution is 2.43. The van der Waals surface area contributed by atoms with E-state index in [2.05, 4.69) is 10.3 Å². The highest BCUT2D eigenvalue weighted by atomic mass is 35.5. The summed E-state index contributed by atoms with van der Waals surface area (Å²) in [5, 5.41) is 3.91. The van der Waals surface area contributed by atoms with Crippen molar-refractivity contribution in [2.75, 3.05) is 31.5 Å². The lowest BCUT2D eigenvalue weighted by Crippen LogP contribution is -2.32. The van der Waals surface area contributed by atoms with Gasteiger partial charge in [0.25, 0.3) is 5.91 Å². The van der Waals surface area contributed by atoms with Gasteiger partial charge in [0, 0.05) is 35.1 Å². The molecule has 1 amide bonds. The second kappa shape index (κ2) is 8.12. The number of hydrogen-bond acceptors (Lipinski definition) is 6. The molecule has 0 radical (unpaired) electrons. The van der Waals surface area contributed by atoms with Crippen molar-refractivity contribution in [3.8, 4) is 17.2 Å². The third kappa shape index (κ3) is 3.37. The van der Waals surface area contributed by atoms with E-state index in [1.165, 1.54) is 6.20 Å². The molecule has 2 heterocycles. The normalized spacial score (nSPS) is 15.0. The first-order chi connectivity index (χ1) is 14.6. The number of rotatable bonds is 6. The number of ether oxygens (including phenoxy) is 3. The fourth-order valence-electron chi connectivity index (χ4n) is 3.53. The highest BCUT2D eigenvalue weighted by Gasteiger charge is 2.38. The third-order valence-electron chi connectivity index (χ3n) is 4.89. The summed E-state index contributed by atoms with van der Waals surface area (Å²) < 4.78 is 16.3. The molecule has 30 heavy (non-hydrogen) atoms. The lowest BCUT2D eigenvalue weighted by atomic mass is 10.1. The zero-order valence-corrected chi connectivity index (χ0v) is 17.4. The van der Waals surface area contributed by atoms with Gasteiger partial charge in [-0.05, 0) is 18.2 Å². The largest absolute Gasteiger partial charge is 0.493 e. The van der Waals surface area contributed by atoms with E-state index in [-0.39, 0.29) is 5.91 Å². The summed E-state index contributed by atoms with van der Waals surface area (Å²) in [6.07, 6.45) is 1.04. The number of pyridine rings is 1. The molecule has 2 aromatic carbocycles. The van der Waals surface area contributed by atoms with Crippen molar-refractivity contribution >= 4 is 29.0 Å². The van der Waals surface area contributed by atoms with E-state index in [0.717, 1.165) is 5.56 Å². The van der Waals surface area contributed by atoms with Crippen molar-refractivity contribution in [2.45, 2.75) is 6.17 Å². The van der Waals surface area contributed by atoms with Crippen LogP contribution >= 0.6 is 11.6 Å². The summed E-state index contributed by atoms with van der Waals surface area (Å²) in [6, 6.07) is 14.5. The Labute approximate surface area is 179 Å². The molecule has 0 spiro atoms. The summed E-state index contributed by atoms with van der Waals surface area (Å²) in [6.45, 7) is 0. The number of anilines is 2. The van der Waals surface area contributed by atoms with Crippen LogP contribution < -0.4 is 24.4 Å². The number of nitrogens with one attached hydrogen (secondary N) is 1. The molecule has 0 unspecified atom stereocenters. The SMILES string of the molecule is COc1cc(N[C@@H]2c3ccccc3C(=O)N2c2ccc(Cl)cn2)cc(OC)c1OC. The fourth-order valence-corrected chi connectivity index (χ4v) is 3.64. The minimum absolute atomic E-state index is 0.148. The maximum Gasteiger partial charge on any atom is 0.261 e. The number of carbonyl (C=O) groups is 1. The Kier molecular flexibility index (Phi) is 5.37. The molecule has 7 nitrogen and oxygen atoms in total. The van der Waals surface area contributed by atoms with Crippen LogP contribution in [0.2, 0.25) is 5.02 Å². The summed E-state index contributed by atoms with van der Waals surface area (Å²) in [4.78, 5) is 19.1. The first-order valence-electron chi connectivity index (χ1n) is 9.18. The van der Waals surface area contributed by atoms with Crippen LogP contribution in [0.5, 0.6) is 17.2 Å². The van der Waals surface area contributed by atoms with Gasteiger partial charge in [0.05, 0.1) is 26.4 Å². The molecule has 0 saturated heterocycles. The molecule has 4 rings (SSSR count). The van der Waals surface area contributed by atoms with E-state index < -0.39 is 6.17 Å². The molecule has 3 aromatic rings. The predicted octanol–water partition coefficient (Wildman–Crippen LogP) is 4.53. The lowest BCUT2D eigenvalue weighted by Gasteiger charge is -2.27. The van der Waals surface area contributed by atoms with Crippen molar-refractivity contribution in [3.05, 3.63) is 70.9 Å². The van der Waals surface area contributed by atoms with Gasteiger partial charge in [-0.3, -0.25) is 9.69 Å². The molecular formula is C22H20ClN3O4. The van der Waals surface area contributed by atoms with Crippen molar-refractivity contribution < 1.29 is 19.0 Å². The number of hydrogen-bond donors (Lipinski definition) is 1. The van der Waals surface area contributed by atoms with E-state index in [1.54, 1.807) is 56.6 Å². The third-order valence-corrected chi connectivity index (χ3v) is 5.11. The summed E-state index contributed by atoms with van der Waals surface area (Å²) in [5.74, 6) is 1.85. The predicted molar refractivity (Wildman–Crippen MR) is 115 cm³/mol. The molecule has 0 saturated carbocycles. The molecule has 8 heteroatoms. The molecule has 0 bridgehead atoms. The summed E-state index contributed by atoms with van der Waals surface area (Å²) in [7, 11) is 4.66. The number of carbonyl (C=O) groups excluding carboxylic acids is 1. The number of methoxy groups -OCH3 is 3. The van der Waals surface area contributed by atoms with Crippen LogP contribution in [0.15, 0.2) is 54.7 Å². The Morgan fingerprint density at radius 2 is 1.70 bits per heavy atom. The van der Waals surface area contributed by atoms with Gasteiger partial charge in [-0.25, -0.2) is 4.98 Å². The van der Waals surface area contributed by atoms with Crippen molar-refractivity contribution in [3.63, 3.8) is 0 Å². The van der Waals surface area contributed by atoms with Crippen molar-refractivity contribution in [1.82, 2.24) is 4.98 Å². The van der Waals surface area contributed by atoms with Gasteiger partial charge >= 0.3 is 0 Å². The van der Waals surface area contributed by atoms with Crippen LogP contribution in [0.4, 0.5) is 11.5 Å². The molecule has 1 aliphatic heterocycles. The van der Waals surface area contributed by atoms with E-state index in [4.69, 9.17) is 25.8 Å². The van der Waals surface area contributed by atoms with Gasteiger partial charge in [-0.2, -0.15) is 0 Å². The number of fused-ring (bicyclic) bond motifs is 1. The van der Waals surface area contributed by atoms with Crippen LogP contribution in [0.25, 0.3) is 0 Å². The van der Waals surface area contributed by atoms with Crippen LogP contribution in [-0.2, 0) is 0 Å². The number of amides is 1. The maximum atomic E-state index is 13.2. The van der Waals surface area contributed by atoms with Crippen molar-refractivity contribution in [2.24, 2.45) is 0 Å². The fraction of sp³-hybridized carbons (Fsp3) is 0.182. The quantitative estimate of drug-likeness (QED) is 0.625. The summed E-state index contributed by atoms with van der Waals surface area (Å²) in [5.41, 5.74) is 2.14. The van der Waals surface area contributed by atoms with Crippen LogP contribution in [0.1, 0.15) is 22.1 Å². The highest BCUT2D eigenvalue weighted by molar-refractivity contribution is 6.30. The molecule has 0 aliphatic carbocycles. The zero-order chi connectivity index (χ0) is 21.3. The Morgan fingerprint density at radius 1 is 1.00 bits per heavy atom. The average Bonchev–Trinajstić information content (AvgIpc) is 3.05. The van der Waals surface area contributed by atoms with Crippen LogP contribution in [-0.4, -0.2) is 32.2 Å². The number of aromatic nitrogens is 1.